The average molecular weight is 381 g/mol. The predicted octanol–water partition coefficient (Wildman–Crippen LogP) is 3.69. The highest BCUT2D eigenvalue weighted by molar-refractivity contribution is 7.99. The van der Waals surface area contributed by atoms with E-state index in [1.807, 2.05) is 23.9 Å². The molecule has 1 fully saturated rings. The van der Waals surface area contributed by atoms with Crippen LogP contribution in [-0.2, 0) is 6.54 Å². The van der Waals surface area contributed by atoms with Crippen molar-refractivity contribution in [3.8, 4) is 11.1 Å². The van der Waals surface area contributed by atoms with Gasteiger partial charge in [0.25, 0.3) is 5.91 Å². The lowest BCUT2D eigenvalue weighted by molar-refractivity contribution is 0.0996. The van der Waals surface area contributed by atoms with E-state index in [1.165, 1.54) is 12.1 Å². The van der Waals surface area contributed by atoms with Crippen molar-refractivity contribution in [1.82, 2.24) is 9.88 Å². The minimum absolute atomic E-state index is 0.216. The summed E-state index contributed by atoms with van der Waals surface area (Å²) >= 11 is 1.99. The topological polar surface area (TPSA) is 59.2 Å². The summed E-state index contributed by atoms with van der Waals surface area (Å²) in [6.45, 7) is 3.03. The molecule has 0 bridgehead atoms. The lowest BCUT2D eigenvalue weighted by Crippen LogP contribution is -2.31. The van der Waals surface area contributed by atoms with E-state index in [-0.39, 0.29) is 11.5 Å². The van der Waals surface area contributed by atoms with Crippen LogP contribution >= 0.6 is 11.8 Å². The predicted molar refractivity (Wildman–Crippen MR) is 108 cm³/mol. The molecule has 1 aromatic heterocycles. The minimum Gasteiger partial charge on any atom is -0.364 e. The van der Waals surface area contributed by atoms with E-state index in [0.29, 0.717) is 0 Å². The van der Waals surface area contributed by atoms with Crippen LogP contribution in [0.15, 0.2) is 48.5 Å². The Hall–Kier alpha value is -2.44. The molecule has 2 heterocycles. The molecule has 6 heteroatoms. The Morgan fingerprint density at radius 3 is 2.56 bits per heavy atom. The van der Waals surface area contributed by atoms with E-state index in [2.05, 4.69) is 16.0 Å². The molecule has 4 nitrogen and oxygen atoms in total. The summed E-state index contributed by atoms with van der Waals surface area (Å²) in [6.07, 6.45) is 0. The Kier molecular flexibility index (Phi) is 5.09. The van der Waals surface area contributed by atoms with Gasteiger partial charge in [0.2, 0.25) is 0 Å². The van der Waals surface area contributed by atoms with Gasteiger partial charge in [-0.05, 0) is 41.0 Å². The number of pyridine rings is 1. The van der Waals surface area contributed by atoms with E-state index < -0.39 is 5.91 Å². The SMILES string of the molecule is NC(=O)c1cc(-c2ccc(F)cc2)c2ccc(CN3CCSCC3)cc2n1. The molecule has 1 aliphatic rings. The highest BCUT2D eigenvalue weighted by atomic mass is 32.2. The summed E-state index contributed by atoms with van der Waals surface area (Å²) < 4.78 is 13.3. The first-order valence-electron chi connectivity index (χ1n) is 8.90. The van der Waals surface area contributed by atoms with Gasteiger partial charge in [0.05, 0.1) is 5.52 Å². The van der Waals surface area contributed by atoms with Crippen molar-refractivity contribution in [3.63, 3.8) is 0 Å². The van der Waals surface area contributed by atoms with Gasteiger partial charge in [-0.15, -0.1) is 0 Å². The molecule has 2 N–H and O–H groups in total. The highest BCUT2D eigenvalue weighted by Gasteiger charge is 2.14. The Labute approximate surface area is 161 Å². The lowest BCUT2D eigenvalue weighted by Gasteiger charge is -2.26. The summed E-state index contributed by atoms with van der Waals surface area (Å²) in [4.78, 5) is 18.7. The van der Waals surface area contributed by atoms with Gasteiger partial charge in [-0.1, -0.05) is 24.3 Å². The summed E-state index contributed by atoms with van der Waals surface area (Å²) in [5, 5.41) is 0.921. The number of aromatic nitrogens is 1. The van der Waals surface area contributed by atoms with Crippen LogP contribution < -0.4 is 5.73 Å². The van der Waals surface area contributed by atoms with Crippen molar-refractivity contribution in [2.45, 2.75) is 6.54 Å². The van der Waals surface area contributed by atoms with Gasteiger partial charge in [-0.25, -0.2) is 9.37 Å². The number of carbonyl (C=O) groups excluding carboxylic acids is 1. The van der Waals surface area contributed by atoms with E-state index in [0.717, 1.165) is 58.7 Å². The van der Waals surface area contributed by atoms with Crippen LogP contribution in [-0.4, -0.2) is 40.4 Å². The number of thioether (sulfide) groups is 1. The summed E-state index contributed by atoms with van der Waals surface area (Å²) in [7, 11) is 0. The van der Waals surface area contributed by atoms with Crippen molar-refractivity contribution >= 4 is 28.6 Å². The van der Waals surface area contributed by atoms with Crippen molar-refractivity contribution in [2.75, 3.05) is 24.6 Å². The second kappa shape index (κ2) is 7.66. The molecule has 2 aromatic carbocycles. The Bertz CT molecular complexity index is 985. The standard InChI is InChI=1S/C21H20FN3OS/c22-16-4-2-15(3-5-16)18-12-20(21(23)26)24-19-11-14(1-6-17(18)19)13-25-7-9-27-10-8-25/h1-6,11-12H,7-10,13H2,(H2,23,26). The molecule has 4 rings (SSSR count). The largest absolute Gasteiger partial charge is 0.364 e. The Morgan fingerprint density at radius 2 is 1.85 bits per heavy atom. The van der Waals surface area contributed by atoms with Gasteiger partial charge < -0.3 is 5.73 Å². The Morgan fingerprint density at radius 1 is 1.11 bits per heavy atom. The Balaban J connectivity index is 1.78. The number of nitrogens with two attached hydrogens (primary N) is 1. The number of benzene rings is 2. The van der Waals surface area contributed by atoms with Crippen molar-refractivity contribution in [1.29, 1.82) is 0 Å². The molecule has 1 aliphatic heterocycles. The third-order valence-electron chi connectivity index (χ3n) is 4.79. The van der Waals surface area contributed by atoms with Crippen LogP contribution in [0.3, 0.4) is 0 Å². The number of fused-ring (bicyclic) bond motifs is 1. The molecule has 0 unspecified atom stereocenters. The summed E-state index contributed by atoms with van der Waals surface area (Å²) in [5.41, 5.74) is 9.25. The number of hydrogen-bond acceptors (Lipinski definition) is 4. The maximum Gasteiger partial charge on any atom is 0.267 e. The summed E-state index contributed by atoms with van der Waals surface area (Å²) in [5.74, 6) is 1.45. The number of rotatable bonds is 4. The van der Waals surface area contributed by atoms with Crippen molar-refractivity contribution in [2.24, 2.45) is 5.73 Å². The van der Waals surface area contributed by atoms with E-state index in [4.69, 9.17) is 5.73 Å². The maximum absolute atomic E-state index is 13.3. The third-order valence-corrected chi connectivity index (χ3v) is 5.73. The van der Waals surface area contributed by atoms with Crippen molar-refractivity contribution in [3.05, 3.63) is 65.6 Å². The van der Waals surface area contributed by atoms with Crippen LogP contribution in [0.2, 0.25) is 0 Å². The van der Waals surface area contributed by atoms with Gasteiger partial charge >= 0.3 is 0 Å². The third kappa shape index (κ3) is 3.96. The molecule has 0 atom stereocenters. The van der Waals surface area contributed by atoms with Gasteiger partial charge in [0.1, 0.15) is 11.5 Å². The van der Waals surface area contributed by atoms with Crippen LogP contribution in [0.1, 0.15) is 16.1 Å². The second-order valence-electron chi connectivity index (χ2n) is 6.67. The number of hydrogen-bond donors (Lipinski definition) is 1. The molecular weight excluding hydrogens is 361 g/mol. The number of primary amides is 1. The smallest absolute Gasteiger partial charge is 0.267 e. The molecule has 27 heavy (non-hydrogen) atoms. The van der Waals surface area contributed by atoms with Crippen LogP contribution in [0.4, 0.5) is 4.39 Å². The molecule has 1 saturated heterocycles. The van der Waals surface area contributed by atoms with Crippen LogP contribution in [0.25, 0.3) is 22.0 Å². The van der Waals surface area contributed by atoms with E-state index >= 15 is 0 Å². The van der Waals surface area contributed by atoms with E-state index in [9.17, 15) is 9.18 Å². The second-order valence-corrected chi connectivity index (χ2v) is 7.89. The summed E-state index contributed by atoms with van der Waals surface area (Å²) in [6, 6.07) is 14.1. The fraction of sp³-hybridized carbons (Fsp3) is 0.238. The quantitative estimate of drug-likeness (QED) is 0.749. The highest BCUT2D eigenvalue weighted by Crippen LogP contribution is 2.30. The first kappa shape index (κ1) is 17.9. The lowest BCUT2D eigenvalue weighted by atomic mass is 9.98. The van der Waals surface area contributed by atoms with Crippen molar-refractivity contribution < 1.29 is 9.18 Å². The van der Waals surface area contributed by atoms with Gasteiger partial charge in [-0.3, -0.25) is 9.69 Å². The monoisotopic (exact) mass is 381 g/mol. The van der Waals surface area contributed by atoms with E-state index in [1.54, 1.807) is 18.2 Å². The molecule has 138 valence electrons. The van der Waals surface area contributed by atoms with Crippen LogP contribution in [0.5, 0.6) is 0 Å². The molecular formula is C21H20FN3OS. The van der Waals surface area contributed by atoms with Crippen LogP contribution in [0, 0.1) is 5.82 Å². The zero-order valence-electron chi connectivity index (χ0n) is 14.8. The fourth-order valence-corrected chi connectivity index (χ4v) is 4.36. The molecule has 1 amide bonds. The van der Waals surface area contributed by atoms with Gasteiger partial charge in [-0.2, -0.15) is 11.8 Å². The van der Waals surface area contributed by atoms with Gasteiger partial charge in [0.15, 0.2) is 0 Å². The number of halogens is 1. The zero-order valence-corrected chi connectivity index (χ0v) is 15.6. The normalized spacial score (nSPS) is 15.1. The average Bonchev–Trinajstić information content (AvgIpc) is 2.68. The molecule has 0 spiro atoms. The number of amides is 1. The zero-order chi connectivity index (χ0) is 18.8. The molecule has 0 radical (unpaired) electrons. The minimum atomic E-state index is -0.571. The first-order chi connectivity index (χ1) is 13.1. The molecule has 0 saturated carbocycles. The first-order valence-corrected chi connectivity index (χ1v) is 10.1. The maximum atomic E-state index is 13.3. The fourth-order valence-electron chi connectivity index (χ4n) is 3.38. The number of carbonyl (C=O) groups is 1. The molecule has 0 aliphatic carbocycles. The number of nitrogens with zero attached hydrogens (tertiary/aromatic N) is 2. The van der Waals surface area contributed by atoms with Gasteiger partial charge in [0, 0.05) is 36.5 Å². The molecule has 3 aromatic rings.